The predicted octanol–water partition coefficient (Wildman–Crippen LogP) is 1.99. The Hall–Kier alpha value is -0.810. The van der Waals surface area contributed by atoms with E-state index in [0.29, 0.717) is 0 Å². The van der Waals surface area contributed by atoms with E-state index in [4.69, 9.17) is 0 Å². The SMILES string of the molecule is O=[N+]([O-])[C@H]1CC[C@H](C(F)(F)F)C1. The summed E-state index contributed by atoms with van der Waals surface area (Å²) >= 11 is 0. The second kappa shape index (κ2) is 2.91. The minimum Gasteiger partial charge on any atom is -0.264 e. The molecule has 2 atom stereocenters. The normalized spacial score (nSPS) is 30.6. The summed E-state index contributed by atoms with van der Waals surface area (Å²) < 4.78 is 35.9. The molecule has 12 heavy (non-hydrogen) atoms. The molecule has 1 rings (SSSR count). The molecule has 1 aliphatic rings. The molecule has 6 heteroatoms. The van der Waals surface area contributed by atoms with Crippen molar-refractivity contribution in [1.82, 2.24) is 0 Å². The third-order valence-electron chi connectivity index (χ3n) is 2.17. The van der Waals surface area contributed by atoms with Gasteiger partial charge in [0, 0.05) is 17.8 Å². The zero-order valence-electron chi connectivity index (χ0n) is 6.17. The lowest BCUT2D eigenvalue weighted by Crippen LogP contribution is -2.22. The molecule has 1 saturated carbocycles. The van der Waals surface area contributed by atoms with E-state index in [-0.39, 0.29) is 19.3 Å². The highest BCUT2D eigenvalue weighted by Crippen LogP contribution is 2.39. The number of hydrogen-bond donors (Lipinski definition) is 0. The third kappa shape index (κ3) is 1.86. The molecule has 1 aliphatic carbocycles. The summed E-state index contributed by atoms with van der Waals surface area (Å²) in [5.41, 5.74) is 0. The lowest BCUT2D eigenvalue weighted by Gasteiger charge is -2.12. The second-order valence-corrected chi connectivity index (χ2v) is 2.99. The molecule has 0 heterocycles. The van der Waals surface area contributed by atoms with Crippen LogP contribution in [0.5, 0.6) is 0 Å². The molecule has 0 aromatic carbocycles. The molecule has 0 N–H and O–H groups in total. The van der Waals surface area contributed by atoms with Gasteiger partial charge in [-0.3, -0.25) is 10.1 Å². The Morgan fingerprint density at radius 1 is 1.33 bits per heavy atom. The van der Waals surface area contributed by atoms with Crippen LogP contribution in [0.4, 0.5) is 13.2 Å². The van der Waals surface area contributed by atoms with Gasteiger partial charge in [0.1, 0.15) is 0 Å². The Balaban J connectivity index is 2.51. The number of alkyl halides is 3. The quantitative estimate of drug-likeness (QED) is 0.461. The van der Waals surface area contributed by atoms with Crippen LogP contribution in [-0.2, 0) is 0 Å². The summed E-state index contributed by atoms with van der Waals surface area (Å²) in [6.45, 7) is 0. The third-order valence-corrected chi connectivity index (χ3v) is 2.17. The molecule has 0 saturated heterocycles. The van der Waals surface area contributed by atoms with Gasteiger partial charge in [0.15, 0.2) is 0 Å². The zero-order chi connectivity index (χ0) is 9.35. The van der Waals surface area contributed by atoms with Gasteiger partial charge < -0.3 is 0 Å². The van der Waals surface area contributed by atoms with Crippen molar-refractivity contribution in [3.63, 3.8) is 0 Å². The highest BCUT2D eigenvalue weighted by Gasteiger charge is 2.47. The molecule has 0 spiro atoms. The van der Waals surface area contributed by atoms with Gasteiger partial charge in [-0.15, -0.1) is 0 Å². The fraction of sp³-hybridized carbons (Fsp3) is 1.00. The fourth-order valence-electron chi connectivity index (χ4n) is 1.45. The molecule has 0 aromatic heterocycles. The van der Waals surface area contributed by atoms with Crippen LogP contribution < -0.4 is 0 Å². The second-order valence-electron chi connectivity index (χ2n) is 2.99. The van der Waals surface area contributed by atoms with Crippen LogP contribution in [0, 0.1) is 16.0 Å². The fourth-order valence-corrected chi connectivity index (χ4v) is 1.45. The maximum atomic E-state index is 12.0. The molecule has 0 radical (unpaired) electrons. The van der Waals surface area contributed by atoms with Gasteiger partial charge in [-0.05, 0) is 6.42 Å². The largest absolute Gasteiger partial charge is 0.392 e. The number of rotatable bonds is 1. The van der Waals surface area contributed by atoms with Crippen LogP contribution in [-0.4, -0.2) is 17.1 Å². The van der Waals surface area contributed by atoms with Crippen LogP contribution in [0.3, 0.4) is 0 Å². The van der Waals surface area contributed by atoms with E-state index in [1.165, 1.54) is 0 Å². The van der Waals surface area contributed by atoms with Gasteiger partial charge in [-0.1, -0.05) is 0 Å². The molecule has 0 unspecified atom stereocenters. The number of nitrogens with zero attached hydrogens (tertiary/aromatic N) is 1. The van der Waals surface area contributed by atoms with Gasteiger partial charge in [-0.25, -0.2) is 0 Å². The van der Waals surface area contributed by atoms with E-state index >= 15 is 0 Å². The van der Waals surface area contributed by atoms with E-state index in [1.807, 2.05) is 0 Å². The van der Waals surface area contributed by atoms with Gasteiger partial charge in [0.2, 0.25) is 6.04 Å². The minimum atomic E-state index is -4.26. The van der Waals surface area contributed by atoms with Crippen LogP contribution >= 0.6 is 0 Å². The lowest BCUT2D eigenvalue weighted by molar-refractivity contribution is -0.521. The first kappa shape index (κ1) is 9.28. The molecular weight excluding hydrogens is 175 g/mol. The molecule has 0 bridgehead atoms. The average Bonchev–Trinajstić information content (AvgIpc) is 2.30. The van der Waals surface area contributed by atoms with Crippen molar-refractivity contribution in [2.75, 3.05) is 0 Å². The van der Waals surface area contributed by atoms with Gasteiger partial charge >= 0.3 is 6.18 Å². The Kier molecular flexibility index (Phi) is 2.25. The van der Waals surface area contributed by atoms with Crippen molar-refractivity contribution in [1.29, 1.82) is 0 Å². The number of halogens is 3. The molecule has 0 amide bonds. The Bertz CT molecular complexity index is 192. The van der Waals surface area contributed by atoms with Crippen LogP contribution in [0.1, 0.15) is 19.3 Å². The standard InChI is InChI=1S/C6H8F3NO2/c7-6(8,9)4-1-2-5(3-4)10(11)12/h4-5H,1-3H2/t4-,5-/m0/s1. The molecular formula is C6H8F3NO2. The topological polar surface area (TPSA) is 43.1 Å². The van der Waals surface area contributed by atoms with Crippen LogP contribution in [0.15, 0.2) is 0 Å². The van der Waals surface area contributed by atoms with Crippen LogP contribution in [0.2, 0.25) is 0 Å². The lowest BCUT2D eigenvalue weighted by atomic mass is 10.1. The van der Waals surface area contributed by atoms with Crippen molar-refractivity contribution >= 4 is 0 Å². The van der Waals surface area contributed by atoms with Crippen molar-refractivity contribution in [3.8, 4) is 0 Å². The summed E-state index contributed by atoms with van der Waals surface area (Å²) in [6, 6.07) is -0.989. The highest BCUT2D eigenvalue weighted by molar-refractivity contribution is 4.79. The van der Waals surface area contributed by atoms with E-state index < -0.39 is 23.1 Å². The summed E-state index contributed by atoms with van der Waals surface area (Å²) in [4.78, 5) is 9.49. The van der Waals surface area contributed by atoms with Crippen molar-refractivity contribution in [2.45, 2.75) is 31.5 Å². The summed E-state index contributed by atoms with van der Waals surface area (Å²) in [5.74, 6) is -1.46. The molecule has 0 aliphatic heterocycles. The van der Waals surface area contributed by atoms with Crippen molar-refractivity contribution in [3.05, 3.63) is 10.1 Å². The summed E-state index contributed by atoms with van der Waals surface area (Å²) in [6.07, 6.45) is -4.66. The van der Waals surface area contributed by atoms with Gasteiger partial charge in [0.25, 0.3) is 0 Å². The van der Waals surface area contributed by atoms with Gasteiger partial charge in [0.05, 0.1) is 5.92 Å². The van der Waals surface area contributed by atoms with Crippen LogP contribution in [0.25, 0.3) is 0 Å². The molecule has 0 aromatic rings. The van der Waals surface area contributed by atoms with Crippen molar-refractivity contribution < 1.29 is 18.1 Å². The molecule has 3 nitrogen and oxygen atoms in total. The summed E-state index contributed by atoms with van der Waals surface area (Å²) in [7, 11) is 0. The first-order chi connectivity index (χ1) is 5.41. The first-order valence-corrected chi connectivity index (χ1v) is 3.61. The Labute approximate surface area is 66.7 Å². The average molecular weight is 183 g/mol. The Morgan fingerprint density at radius 2 is 1.92 bits per heavy atom. The van der Waals surface area contributed by atoms with Crippen molar-refractivity contribution in [2.24, 2.45) is 5.92 Å². The number of hydrogen-bond acceptors (Lipinski definition) is 2. The zero-order valence-corrected chi connectivity index (χ0v) is 6.17. The molecule has 1 fully saturated rings. The number of nitro groups is 1. The van der Waals surface area contributed by atoms with E-state index in [9.17, 15) is 23.3 Å². The monoisotopic (exact) mass is 183 g/mol. The highest BCUT2D eigenvalue weighted by atomic mass is 19.4. The predicted molar refractivity (Wildman–Crippen MR) is 34.2 cm³/mol. The maximum absolute atomic E-state index is 12.0. The van der Waals surface area contributed by atoms with E-state index in [2.05, 4.69) is 0 Å². The van der Waals surface area contributed by atoms with Gasteiger partial charge in [-0.2, -0.15) is 13.2 Å². The molecule has 70 valence electrons. The smallest absolute Gasteiger partial charge is 0.264 e. The summed E-state index contributed by atoms with van der Waals surface area (Å²) in [5, 5.41) is 10.1. The first-order valence-electron chi connectivity index (χ1n) is 3.61. The minimum absolute atomic E-state index is 0.0528. The van der Waals surface area contributed by atoms with E-state index in [1.54, 1.807) is 0 Å². The maximum Gasteiger partial charge on any atom is 0.392 e. The Morgan fingerprint density at radius 3 is 2.17 bits per heavy atom. The van der Waals surface area contributed by atoms with E-state index in [0.717, 1.165) is 0 Å².